The van der Waals surface area contributed by atoms with Crippen LogP contribution in [-0.4, -0.2) is 19.1 Å². The molecule has 0 saturated heterocycles. The lowest BCUT2D eigenvalue weighted by atomic mass is 9.97. The molecule has 2 aliphatic rings. The van der Waals surface area contributed by atoms with Crippen LogP contribution in [0.4, 0.5) is 0 Å². The first-order chi connectivity index (χ1) is 9.81. The van der Waals surface area contributed by atoms with E-state index in [0.717, 1.165) is 12.8 Å². The van der Waals surface area contributed by atoms with Crippen molar-refractivity contribution < 1.29 is 13.2 Å². The summed E-state index contributed by atoms with van der Waals surface area (Å²) in [5.41, 5.74) is 0. The number of hydrogen-bond acceptors (Lipinski definition) is 3. The Morgan fingerprint density at radius 3 is 2.52 bits per heavy atom. The summed E-state index contributed by atoms with van der Waals surface area (Å²) in [6, 6.07) is 0. The topological polar surface area (TPSA) is 63.2 Å². The second kappa shape index (κ2) is 6.27. The fourth-order valence-corrected chi connectivity index (χ4v) is 4.33. The van der Waals surface area contributed by atoms with E-state index in [0.29, 0.717) is 24.7 Å². The van der Waals surface area contributed by atoms with Gasteiger partial charge in [0.2, 0.25) is 15.9 Å². The van der Waals surface area contributed by atoms with Gasteiger partial charge in [0.15, 0.2) is 0 Å². The van der Waals surface area contributed by atoms with Crippen LogP contribution in [0.25, 0.3) is 0 Å². The Hall–Kier alpha value is -0.580. The molecule has 0 aliphatic heterocycles. The van der Waals surface area contributed by atoms with E-state index in [-0.39, 0.29) is 11.8 Å². The first kappa shape index (κ1) is 16.8. The maximum Gasteiger partial charge on any atom is 0.240 e. The van der Waals surface area contributed by atoms with Gasteiger partial charge in [-0.3, -0.25) is 9.52 Å². The Labute approximate surface area is 129 Å². The Kier molecular flexibility index (Phi) is 5.01. The van der Waals surface area contributed by atoms with Crippen LogP contribution in [0.15, 0.2) is 0 Å². The second-order valence-corrected chi connectivity index (χ2v) is 9.45. The van der Waals surface area contributed by atoms with Gasteiger partial charge in [0, 0.05) is 5.92 Å². The molecule has 5 heteroatoms. The monoisotopic (exact) mass is 315 g/mol. The number of carbonyl (C=O) groups excluding carboxylic acids is 1. The summed E-state index contributed by atoms with van der Waals surface area (Å²) in [7, 11) is -3.46. The third-order valence-corrected chi connectivity index (χ3v) is 7.43. The number of unbranched alkanes of at least 4 members (excludes halogenated alkanes) is 3. The smallest absolute Gasteiger partial charge is 0.240 e. The van der Waals surface area contributed by atoms with Crippen LogP contribution in [0, 0.1) is 17.8 Å². The van der Waals surface area contributed by atoms with Gasteiger partial charge < -0.3 is 0 Å². The third kappa shape index (κ3) is 3.99. The van der Waals surface area contributed by atoms with Gasteiger partial charge in [-0.05, 0) is 38.0 Å². The number of amides is 1. The molecule has 2 rings (SSSR count). The first-order valence-corrected chi connectivity index (χ1v) is 9.85. The van der Waals surface area contributed by atoms with Crippen molar-refractivity contribution in [1.82, 2.24) is 4.72 Å². The average Bonchev–Trinajstić information content (AvgIpc) is 3.28. The lowest BCUT2D eigenvalue weighted by molar-refractivity contribution is -0.121. The minimum atomic E-state index is -3.46. The van der Waals surface area contributed by atoms with Crippen molar-refractivity contribution in [3.05, 3.63) is 0 Å². The van der Waals surface area contributed by atoms with Crippen LogP contribution in [-0.2, 0) is 14.8 Å². The molecule has 0 bridgehead atoms. The highest BCUT2D eigenvalue weighted by Gasteiger charge is 2.53. The molecule has 21 heavy (non-hydrogen) atoms. The zero-order valence-electron chi connectivity index (χ0n) is 13.5. The molecule has 1 N–H and O–H groups in total. The summed E-state index contributed by atoms with van der Waals surface area (Å²) in [5.74, 6) is 0.558. The van der Waals surface area contributed by atoms with Crippen molar-refractivity contribution in [2.75, 3.05) is 0 Å². The molecule has 0 heterocycles. The number of sulfonamides is 1. The molecule has 0 aromatic carbocycles. The zero-order chi connectivity index (χ0) is 15.7. The van der Waals surface area contributed by atoms with E-state index in [1.165, 1.54) is 25.7 Å². The van der Waals surface area contributed by atoms with Gasteiger partial charge in [0.1, 0.15) is 0 Å². The Morgan fingerprint density at radius 2 is 1.95 bits per heavy atom. The van der Waals surface area contributed by atoms with Crippen molar-refractivity contribution in [1.29, 1.82) is 0 Å². The standard InChI is InChI=1S/C16H29NO3S/c1-4-5-6-7-8-12(2)13-11-14(13)15(18)17-21(19,20)16(3)9-10-16/h12-14H,4-11H2,1-3H3,(H,17,18)/t12?,13-,14-/m0/s1. The fourth-order valence-electron chi connectivity index (χ4n) is 3.03. The van der Waals surface area contributed by atoms with Gasteiger partial charge in [-0.1, -0.05) is 46.0 Å². The largest absolute Gasteiger partial charge is 0.274 e. The van der Waals surface area contributed by atoms with Crippen molar-refractivity contribution in [3.63, 3.8) is 0 Å². The summed E-state index contributed by atoms with van der Waals surface area (Å²) in [6.45, 7) is 6.11. The highest BCUT2D eigenvalue weighted by Crippen LogP contribution is 2.47. The summed E-state index contributed by atoms with van der Waals surface area (Å²) in [6.07, 6.45) is 8.33. The van der Waals surface area contributed by atoms with Crippen LogP contribution < -0.4 is 4.72 Å². The Balaban J connectivity index is 1.74. The van der Waals surface area contributed by atoms with Crippen LogP contribution in [0.1, 0.15) is 72.1 Å². The van der Waals surface area contributed by atoms with Crippen LogP contribution in [0.3, 0.4) is 0 Å². The summed E-state index contributed by atoms with van der Waals surface area (Å²) >= 11 is 0. The molecule has 1 unspecified atom stereocenters. The summed E-state index contributed by atoms with van der Waals surface area (Å²) in [4.78, 5) is 12.1. The lowest BCUT2D eigenvalue weighted by Crippen LogP contribution is -2.39. The van der Waals surface area contributed by atoms with E-state index >= 15 is 0 Å². The summed E-state index contributed by atoms with van der Waals surface area (Å²) in [5, 5.41) is 0. The van der Waals surface area contributed by atoms with E-state index in [1.54, 1.807) is 6.92 Å². The quantitative estimate of drug-likeness (QED) is 0.664. The first-order valence-electron chi connectivity index (χ1n) is 8.37. The van der Waals surface area contributed by atoms with Gasteiger partial charge in [-0.25, -0.2) is 8.42 Å². The molecule has 4 nitrogen and oxygen atoms in total. The SMILES string of the molecule is CCCCCCC(C)[C@@H]1C[C@@H]1C(=O)NS(=O)(=O)C1(C)CC1. The van der Waals surface area contributed by atoms with Crippen molar-refractivity contribution >= 4 is 15.9 Å². The fraction of sp³-hybridized carbons (Fsp3) is 0.938. The molecule has 1 amide bonds. The van der Waals surface area contributed by atoms with E-state index in [9.17, 15) is 13.2 Å². The van der Waals surface area contributed by atoms with Gasteiger partial charge in [-0.15, -0.1) is 0 Å². The Morgan fingerprint density at radius 1 is 1.29 bits per heavy atom. The highest BCUT2D eigenvalue weighted by atomic mass is 32.2. The third-order valence-electron chi connectivity index (χ3n) is 5.26. The molecule has 2 fully saturated rings. The molecule has 0 spiro atoms. The van der Waals surface area contributed by atoms with Gasteiger partial charge in [-0.2, -0.15) is 0 Å². The van der Waals surface area contributed by atoms with Gasteiger partial charge >= 0.3 is 0 Å². The number of rotatable bonds is 9. The summed E-state index contributed by atoms with van der Waals surface area (Å²) < 4.78 is 25.7. The van der Waals surface area contributed by atoms with Crippen molar-refractivity contribution in [2.45, 2.75) is 76.9 Å². The van der Waals surface area contributed by atoms with E-state index in [1.807, 2.05) is 0 Å². The second-order valence-electron chi connectivity index (χ2n) is 7.25. The minimum Gasteiger partial charge on any atom is -0.274 e. The highest BCUT2D eigenvalue weighted by molar-refractivity contribution is 7.91. The van der Waals surface area contributed by atoms with Gasteiger partial charge in [0.05, 0.1) is 4.75 Å². The molecule has 0 radical (unpaired) electrons. The molecule has 2 saturated carbocycles. The molecule has 0 aromatic heterocycles. The number of carbonyl (C=O) groups is 1. The normalized spacial score (nSPS) is 28.0. The van der Waals surface area contributed by atoms with E-state index < -0.39 is 14.8 Å². The van der Waals surface area contributed by atoms with Crippen molar-refractivity contribution in [3.8, 4) is 0 Å². The molecule has 122 valence electrons. The maximum absolute atomic E-state index is 12.1. The molecular weight excluding hydrogens is 286 g/mol. The van der Waals surface area contributed by atoms with Crippen molar-refractivity contribution in [2.24, 2.45) is 17.8 Å². The maximum atomic E-state index is 12.1. The van der Waals surface area contributed by atoms with Crippen LogP contribution >= 0.6 is 0 Å². The Bertz CT molecular complexity index is 482. The number of nitrogens with one attached hydrogen (secondary N) is 1. The zero-order valence-corrected chi connectivity index (χ0v) is 14.3. The molecule has 3 atom stereocenters. The average molecular weight is 315 g/mol. The van der Waals surface area contributed by atoms with E-state index in [2.05, 4.69) is 18.6 Å². The number of hydrogen-bond donors (Lipinski definition) is 1. The lowest BCUT2D eigenvalue weighted by Gasteiger charge is -2.13. The van der Waals surface area contributed by atoms with E-state index in [4.69, 9.17) is 0 Å². The molecule has 2 aliphatic carbocycles. The predicted octanol–water partition coefficient (Wildman–Crippen LogP) is 3.23. The minimum absolute atomic E-state index is 0.0803. The predicted molar refractivity (Wildman–Crippen MR) is 84.2 cm³/mol. The molecular formula is C16H29NO3S. The van der Waals surface area contributed by atoms with Crippen LogP contribution in [0.5, 0.6) is 0 Å². The van der Waals surface area contributed by atoms with Crippen LogP contribution in [0.2, 0.25) is 0 Å². The molecule has 0 aromatic rings. The van der Waals surface area contributed by atoms with Gasteiger partial charge in [0.25, 0.3) is 0 Å².